The molecule has 1 saturated heterocycles. The molecule has 1 aromatic heterocycles. The molecule has 1 aliphatic heterocycles. The van der Waals surface area contributed by atoms with Crippen LogP contribution in [0.15, 0.2) is 60.7 Å². The van der Waals surface area contributed by atoms with Crippen LogP contribution in [0.1, 0.15) is 31.2 Å². The van der Waals surface area contributed by atoms with Gasteiger partial charge in [-0.1, -0.05) is 53.6 Å². The lowest BCUT2D eigenvalue weighted by atomic mass is 9.76. The topological polar surface area (TPSA) is 67.1 Å². The van der Waals surface area contributed by atoms with Gasteiger partial charge in [0.25, 0.3) is 0 Å². The molecule has 1 atom stereocenters. The predicted octanol–water partition coefficient (Wildman–Crippen LogP) is 3.26. The van der Waals surface area contributed by atoms with Gasteiger partial charge in [-0.2, -0.15) is 4.68 Å². The number of para-hydroxylation sites is 1. The van der Waals surface area contributed by atoms with Crippen LogP contribution in [0.3, 0.4) is 0 Å². The van der Waals surface area contributed by atoms with Crippen molar-refractivity contribution in [2.24, 2.45) is 5.41 Å². The number of anilines is 1. The van der Waals surface area contributed by atoms with Crippen molar-refractivity contribution in [1.29, 1.82) is 0 Å². The smallest absolute Gasteiger partial charge is 0.250 e. The summed E-state index contributed by atoms with van der Waals surface area (Å²) >= 11 is 0. The van der Waals surface area contributed by atoms with Gasteiger partial charge in [-0.05, 0) is 60.2 Å². The van der Waals surface area contributed by atoms with E-state index in [2.05, 4.69) is 50.8 Å². The zero-order valence-electron chi connectivity index (χ0n) is 16.1. The second kappa shape index (κ2) is 8.52. The fourth-order valence-corrected chi connectivity index (χ4v) is 4.22. The van der Waals surface area contributed by atoms with E-state index in [1.54, 1.807) is 4.68 Å². The maximum atomic E-state index is 10.3. The van der Waals surface area contributed by atoms with Crippen molar-refractivity contribution in [3.63, 3.8) is 0 Å². The predicted molar refractivity (Wildman–Crippen MR) is 109 cm³/mol. The second-order valence-corrected chi connectivity index (χ2v) is 7.75. The number of nitrogens with zero attached hydrogens (tertiary/aromatic N) is 5. The van der Waals surface area contributed by atoms with Crippen molar-refractivity contribution >= 4 is 5.95 Å². The molecule has 0 saturated carbocycles. The molecule has 6 heteroatoms. The number of aliphatic hydroxyl groups excluding tert-OH is 1. The highest BCUT2D eigenvalue weighted by atomic mass is 16.3. The SMILES string of the molecule is OC[C@@]1(CCCc2ccccc2)CCCN(c2nnnn2-c2ccccc2)C1. The van der Waals surface area contributed by atoms with Gasteiger partial charge in [0.2, 0.25) is 5.95 Å². The second-order valence-electron chi connectivity index (χ2n) is 7.75. The highest BCUT2D eigenvalue weighted by Gasteiger charge is 2.36. The average molecular weight is 377 g/mol. The molecule has 2 heterocycles. The first-order valence-electron chi connectivity index (χ1n) is 10.0. The third kappa shape index (κ3) is 4.07. The van der Waals surface area contributed by atoms with Crippen molar-refractivity contribution in [1.82, 2.24) is 20.2 Å². The fourth-order valence-electron chi connectivity index (χ4n) is 4.22. The summed E-state index contributed by atoms with van der Waals surface area (Å²) in [6, 6.07) is 20.5. The van der Waals surface area contributed by atoms with Crippen molar-refractivity contribution in [2.45, 2.75) is 32.1 Å². The van der Waals surface area contributed by atoms with Crippen LogP contribution in [0.2, 0.25) is 0 Å². The van der Waals surface area contributed by atoms with Gasteiger partial charge >= 0.3 is 0 Å². The molecule has 0 spiro atoms. The molecule has 146 valence electrons. The number of benzene rings is 2. The van der Waals surface area contributed by atoms with Gasteiger partial charge in [0.15, 0.2) is 0 Å². The van der Waals surface area contributed by atoms with Crippen molar-refractivity contribution in [2.75, 3.05) is 24.6 Å². The van der Waals surface area contributed by atoms with E-state index in [9.17, 15) is 5.11 Å². The fraction of sp³-hybridized carbons (Fsp3) is 0.409. The Morgan fingerprint density at radius 2 is 1.75 bits per heavy atom. The summed E-state index contributed by atoms with van der Waals surface area (Å²) in [5.74, 6) is 0.756. The first kappa shape index (κ1) is 18.6. The summed E-state index contributed by atoms with van der Waals surface area (Å²) in [7, 11) is 0. The molecule has 2 aromatic carbocycles. The van der Waals surface area contributed by atoms with Crippen molar-refractivity contribution < 1.29 is 5.11 Å². The molecule has 28 heavy (non-hydrogen) atoms. The van der Waals surface area contributed by atoms with Gasteiger partial charge in [0, 0.05) is 18.5 Å². The molecular formula is C22H27N5O. The Kier molecular flexibility index (Phi) is 5.67. The number of piperidine rings is 1. The average Bonchev–Trinajstić information content (AvgIpc) is 3.25. The Hall–Kier alpha value is -2.73. The number of aryl methyl sites for hydroxylation is 1. The Morgan fingerprint density at radius 3 is 2.50 bits per heavy atom. The molecule has 0 amide bonds. The van der Waals surface area contributed by atoms with Crippen LogP contribution in [-0.4, -0.2) is 45.0 Å². The maximum Gasteiger partial charge on any atom is 0.250 e. The molecule has 0 aliphatic carbocycles. The van der Waals surface area contributed by atoms with Crippen molar-refractivity contribution in [3.05, 3.63) is 66.2 Å². The minimum atomic E-state index is -0.0967. The zero-order valence-corrected chi connectivity index (χ0v) is 16.1. The zero-order chi connectivity index (χ0) is 19.2. The number of aliphatic hydroxyl groups is 1. The number of hydrogen-bond acceptors (Lipinski definition) is 5. The van der Waals surface area contributed by atoms with E-state index in [4.69, 9.17) is 0 Å². The van der Waals surface area contributed by atoms with Crippen LogP contribution in [0, 0.1) is 5.41 Å². The van der Waals surface area contributed by atoms with Gasteiger partial charge in [-0.25, -0.2) is 0 Å². The molecular weight excluding hydrogens is 350 g/mol. The molecule has 1 fully saturated rings. The van der Waals surface area contributed by atoms with E-state index in [1.165, 1.54) is 5.56 Å². The first-order valence-corrected chi connectivity index (χ1v) is 10.0. The largest absolute Gasteiger partial charge is 0.396 e. The molecule has 3 aromatic rings. The van der Waals surface area contributed by atoms with Crippen LogP contribution in [0.25, 0.3) is 5.69 Å². The van der Waals surface area contributed by atoms with Gasteiger partial charge in [-0.15, -0.1) is 0 Å². The summed E-state index contributed by atoms with van der Waals surface area (Å²) in [6.07, 6.45) is 5.20. The lowest BCUT2D eigenvalue weighted by Crippen LogP contribution is -2.46. The Morgan fingerprint density at radius 1 is 1.00 bits per heavy atom. The standard InChI is InChI=1S/C22H27N5O/c28-18-22(14-7-11-19-9-3-1-4-10-19)15-8-16-26(17-22)21-23-24-25-27(21)20-12-5-2-6-13-20/h1-6,9-10,12-13,28H,7-8,11,14-18H2/t22-/m0/s1. The van der Waals surface area contributed by atoms with Gasteiger partial charge in [-0.3, -0.25) is 0 Å². The molecule has 6 nitrogen and oxygen atoms in total. The number of tetrazole rings is 1. The molecule has 4 rings (SSSR count). The van der Waals surface area contributed by atoms with Gasteiger partial charge in [0.1, 0.15) is 0 Å². The Balaban J connectivity index is 1.46. The van der Waals surface area contributed by atoms with E-state index >= 15 is 0 Å². The van der Waals surface area contributed by atoms with Gasteiger partial charge < -0.3 is 10.0 Å². The third-order valence-corrected chi connectivity index (χ3v) is 5.75. The molecule has 0 unspecified atom stereocenters. The van der Waals surface area contributed by atoms with Crippen LogP contribution in [0.5, 0.6) is 0 Å². The summed E-state index contributed by atoms with van der Waals surface area (Å²) in [4.78, 5) is 2.23. The van der Waals surface area contributed by atoms with E-state index in [-0.39, 0.29) is 12.0 Å². The highest BCUT2D eigenvalue weighted by Crippen LogP contribution is 2.36. The van der Waals surface area contributed by atoms with E-state index in [1.807, 2.05) is 30.3 Å². The van der Waals surface area contributed by atoms with Crippen LogP contribution >= 0.6 is 0 Å². The number of rotatable bonds is 7. The van der Waals surface area contributed by atoms with Crippen molar-refractivity contribution in [3.8, 4) is 5.69 Å². The molecule has 1 N–H and O–H groups in total. The molecule has 1 aliphatic rings. The number of hydrogen-bond donors (Lipinski definition) is 1. The normalized spacial score (nSPS) is 19.7. The van der Waals surface area contributed by atoms with Crippen LogP contribution < -0.4 is 4.90 Å². The first-order chi connectivity index (χ1) is 13.8. The van der Waals surface area contributed by atoms with E-state index in [0.717, 1.165) is 56.8 Å². The maximum absolute atomic E-state index is 10.3. The highest BCUT2D eigenvalue weighted by molar-refractivity contribution is 5.41. The lowest BCUT2D eigenvalue weighted by molar-refractivity contribution is 0.0934. The minimum absolute atomic E-state index is 0.0967. The molecule has 0 radical (unpaired) electrons. The van der Waals surface area contributed by atoms with Crippen LogP contribution in [0.4, 0.5) is 5.95 Å². The monoisotopic (exact) mass is 377 g/mol. The quantitative estimate of drug-likeness (QED) is 0.684. The Bertz CT molecular complexity index is 867. The third-order valence-electron chi connectivity index (χ3n) is 5.75. The van der Waals surface area contributed by atoms with E-state index in [0.29, 0.717) is 0 Å². The van der Waals surface area contributed by atoms with Gasteiger partial charge in [0.05, 0.1) is 12.3 Å². The minimum Gasteiger partial charge on any atom is -0.396 e. The van der Waals surface area contributed by atoms with Crippen LogP contribution in [-0.2, 0) is 6.42 Å². The lowest BCUT2D eigenvalue weighted by Gasteiger charge is -2.42. The summed E-state index contributed by atoms with van der Waals surface area (Å²) in [5.41, 5.74) is 2.21. The van der Waals surface area contributed by atoms with E-state index < -0.39 is 0 Å². The summed E-state index contributed by atoms with van der Waals surface area (Å²) in [6.45, 7) is 1.89. The summed E-state index contributed by atoms with van der Waals surface area (Å²) < 4.78 is 1.79. The Labute approximate surface area is 165 Å². The number of aromatic nitrogens is 4. The molecule has 0 bridgehead atoms. The summed E-state index contributed by atoms with van der Waals surface area (Å²) in [5, 5.41) is 22.6.